The lowest BCUT2D eigenvalue weighted by molar-refractivity contribution is 0.319. The Labute approximate surface area is 117 Å². The van der Waals surface area contributed by atoms with Crippen molar-refractivity contribution in [2.75, 3.05) is 19.0 Å². The number of aromatic nitrogens is 2. The van der Waals surface area contributed by atoms with Crippen molar-refractivity contribution in [3.8, 4) is 0 Å². The number of nitrogens with two attached hydrogens (primary N) is 1. The second-order valence-electron chi connectivity index (χ2n) is 4.83. The number of anilines is 1. The highest BCUT2D eigenvalue weighted by Crippen LogP contribution is 2.32. The lowest BCUT2D eigenvalue weighted by atomic mass is 10.2. The second kappa shape index (κ2) is 5.81. The number of fused-ring (bicyclic) bond motifs is 1. The number of hydrogen-bond acceptors (Lipinski definition) is 6. The van der Waals surface area contributed by atoms with Crippen LogP contribution in [0.15, 0.2) is 0 Å². The lowest BCUT2D eigenvalue weighted by Crippen LogP contribution is -2.21. The van der Waals surface area contributed by atoms with Gasteiger partial charge in [-0.05, 0) is 39.4 Å². The van der Waals surface area contributed by atoms with Crippen LogP contribution in [0.5, 0.6) is 0 Å². The first-order valence-electron chi connectivity index (χ1n) is 6.48. The van der Waals surface area contributed by atoms with Crippen molar-refractivity contribution in [1.29, 1.82) is 0 Å². The van der Waals surface area contributed by atoms with Crippen LogP contribution in [0, 0.1) is 13.8 Å². The molecule has 104 valence electrons. The molecule has 2 aromatic heterocycles. The quantitative estimate of drug-likeness (QED) is 0.650. The third kappa shape index (κ3) is 2.86. The molecule has 19 heavy (non-hydrogen) atoms. The van der Waals surface area contributed by atoms with E-state index in [1.807, 2.05) is 0 Å². The van der Waals surface area contributed by atoms with E-state index >= 15 is 0 Å². The predicted molar refractivity (Wildman–Crippen MR) is 81.3 cm³/mol. The summed E-state index contributed by atoms with van der Waals surface area (Å²) < 4.78 is 0. The van der Waals surface area contributed by atoms with Gasteiger partial charge in [-0.25, -0.2) is 15.8 Å². The van der Waals surface area contributed by atoms with Crippen molar-refractivity contribution >= 4 is 27.4 Å². The normalized spacial score (nSPS) is 11.5. The average Bonchev–Trinajstić information content (AvgIpc) is 2.64. The fourth-order valence-corrected chi connectivity index (χ4v) is 3.22. The fraction of sp³-hybridized carbons (Fsp3) is 0.538. The van der Waals surface area contributed by atoms with Gasteiger partial charge in [0.1, 0.15) is 10.7 Å². The number of aryl methyl sites for hydroxylation is 2. The third-order valence-electron chi connectivity index (χ3n) is 3.23. The minimum atomic E-state index is 0.728. The molecule has 0 fully saturated rings. The summed E-state index contributed by atoms with van der Waals surface area (Å²) in [6.45, 7) is 8.13. The van der Waals surface area contributed by atoms with Gasteiger partial charge in [0.15, 0.2) is 5.82 Å². The van der Waals surface area contributed by atoms with Crippen LogP contribution in [0.1, 0.15) is 29.6 Å². The zero-order chi connectivity index (χ0) is 14.0. The summed E-state index contributed by atoms with van der Waals surface area (Å²) in [5.41, 5.74) is 3.92. The number of thiophene rings is 1. The van der Waals surface area contributed by atoms with Crippen molar-refractivity contribution in [3.05, 3.63) is 16.3 Å². The van der Waals surface area contributed by atoms with E-state index in [1.54, 1.807) is 11.3 Å². The molecule has 2 heterocycles. The molecule has 2 rings (SSSR count). The zero-order valence-electron chi connectivity index (χ0n) is 11.9. The van der Waals surface area contributed by atoms with Gasteiger partial charge in [0.2, 0.25) is 0 Å². The van der Waals surface area contributed by atoms with Crippen molar-refractivity contribution in [1.82, 2.24) is 14.9 Å². The van der Waals surface area contributed by atoms with Gasteiger partial charge in [-0.15, -0.1) is 11.3 Å². The molecule has 0 bridgehead atoms. The van der Waals surface area contributed by atoms with Gasteiger partial charge in [-0.2, -0.15) is 0 Å². The topological polar surface area (TPSA) is 67.1 Å². The van der Waals surface area contributed by atoms with E-state index < -0.39 is 0 Å². The molecule has 0 aliphatic carbocycles. The van der Waals surface area contributed by atoms with E-state index in [2.05, 4.69) is 48.1 Å². The van der Waals surface area contributed by atoms with Gasteiger partial charge in [0, 0.05) is 4.88 Å². The van der Waals surface area contributed by atoms with Crippen LogP contribution in [-0.2, 0) is 6.54 Å². The summed E-state index contributed by atoms with van der Waals surface area (Å²) in [4.78, 5) is 13.7. The number of hydrazine groups is 1. The first-order chi connectivity index (χ1) is 9.06. The summed E-state index contributed by atoms with van der Waals surface area (Å²) >= 11 is 1.70. The van der Waals surface area contributed by atoms with E-state index in [9.17, 15) is 0 Å². The van der Waals surface area contributed by atoms with Crippen LogP contribution in [0.3, 0.4) is 0 Å². The van der Waals surface area contributed by atoms with Crippen molar-refractivity contribution in [3.63, 3.8) is 0 Å². The van der Waals surface area contributed by atoms with E-state index in [0.29, 0.717) is 0 Å². The van der Waals surface area contributed by atoms with E-state index in [0.717, 1.165) is 41.4 Å². The van der Waals surface area contributed by atoms with Gasteiger partial charge < -0.3 is 5.43 Å². The third-order valence-corrected chi connectivity index (χ3v) is 4.33. The minimum absolute atomic E-state index is 0.728. The molecule has 0 radical (unpaired) electrons. The van der Waals surface area contributed by atoms with Crippen LogP contribution in [-0.4, -0.2) is 28.5 Å². The molecule has 2 aromatic rings. The van der Waals surface area contributed by atoms with E-state index in [1.165, 1.54) is 10.4 Å². The Morgan fingerprint density at radius 3 is 2.68 bits per heavy atom. The molecule has 0 aliphatic heterocycles. The Morgan fingerprint density at radius 2 is 2.05 bits per heavy atom. The summed E-state index contributed by atoms with van der Waals surface area (Å²) in [5, 5.41) is 1.05. The van der Waals surface area contributed by atoms with Gasteiger partial charge in [-0.3, -0.25) is 4.90 Å². The first kappa shape index (κ1) is 14.2. The fourth-order valence-electron chi connectivity index (χ4n) is 2.17. The molecular weight excluding hydrogens is 258 g/mol. The summed E-state index contributed by atoms with van der Waals surface area (Å²) in [6, 6.07) is 0. The van der Waals surface area contributed by atoms with Crippen molar-refractivity contribution in [2.45, 2.75) is 33.7 Å². The number of rotatable bonds is 5. The highest BCUT2D eigenvalue weighted by atomic mass is 32.1. The van der Waals surface area contributed by atoms with Crippen LogP contribution >= 0.6 is 11.3 Å². The Hall–Kier alpha value is -1.24. The summed E-state index contributed by atoms with van der Waals surface area (Å²) in [5.74, 6) is 7.15. The molecule has 0 aromatic carbocycles. The minimum Gasteiger partial charge on any atom is -0.308 e. The molecule has 6 heteroatoms. The van der Waals surface area contributed by atoms with Crippen LogP contribution in [0.4, 0.5) is 5.82 Å². The second-order valence-corrected chi connectivity index (χ2v) is 6.04. The van der Waals surface area contributed by atoms with Crippen molar-refractivity contribution in [2.24, 2.45) is 5.84 Å². The zero-order valence-corrected chi connectivity index (χ0v) is 12.8. The largest absolute Gasteiger partial charge is 0.308 e. The molecule has 5 nitrogen and oxygen atoms in total. The summed E-state index contributed by atoms with van der Waals surface area (Å²) in [7, 11) is 2.08. The van der Waals surface area contributed by atoms with Crippen LogP contribution in [0.25, 0.3) is 10.2 Å². The van der Waals surface area contributed by atoms with Gasteiger partial charge in [0.05, 0.1) is 11.9 Å². The van der Waals surface area contributed by atoms with Gasteiger partial charge in [-0.1, -0.05) is 6.92 Å². The number of nitrogens with zero attached hydrogens (tertiary/aromatic N) is 3. The molecular formula is C13H21N5S. The Morgan fingerprint density at radius 1 is 1.32 bits per heavy atom. The highest BCUT2D eigenvalue weighted by molar-refractivity contribution is 7.18. The Bertz CT molecular complexity index is 578. The predicted octanol–water partition coefficient (Wildman–Crippen LogP) is 2.44. The molecule has 3 N–H and O–H groups in total. The monoisotopic (exact) mass is 279 g/mol. The van der Waals surface area contributed by atoms with E-state index in [4.69, 9.17) is 5.84 Å². The standard InChI is InChI=1S/C13H21N5S/c1-5-6-18(4)7-10-15-12(17-14)11-8(2)9(3)19-13(11)16-10/h5-7,14H2,1-4H3,(H,15,16,17). The molecule has 0 aliphatic rings. The van der Waals surface area contributed by atoms with Crippen LogP contribution < -0.4 is 11.3 Å². The number of hydrogen-bond donors (Lipinski definition) is 2. The first-order valence-corrected chi connectivity index (χ1v) is 7.30. The molecule has 0 unspecified atom stereocenters. The Balaban J connectivity index is 2.42. The average molecular weight is 279 g/mol. The van der Waals surface area contributed by atoms with Crippen LogP contribution in [0.2, 0.25) is 0 Å². The number of nitrogen functional groups attached to an aromatic ring is 1. The van der Waals surface area contributed by atoms with Gasteiger partial charge in [0.25, 0.3) is 0 Å². The summed E-state index contributed by atoms with van der Waals surface area (Å²) in [6.07, 6.45) is 1.12. The maximum absolute atomic E-state index is 5.60. The van der Waals surface area contributed by atoms with Gasteiger partial charge >= 0.3 is 0 Å². The molecule has 0 saturated carbocycles. The van der Waals surface area contributed by atoms with Crippen molar-refractivity contribution < 1.29 is 0 Å². The molecule has 0 atom stereocenters. The molecule has 0 amide bonds. The SMILES string of the molecule is CCCN(C)Cc1nc(NN)c2c(C)c(C)sc2n1. The van der Waals surface area contributed by atoms with E-state index in [-0.39, 0.29) is 0 Å². The Kier molecular flexibility index (Phi) is 4.34. The smallest absolute Gasteiger partial charge is 0.152 e. The number of nitrogens with one attached hydrogen (secondary N) is 1. The highest BCUT2D eigenvalue weighted by Gasteiger charge is 2.14. The maximum Gasteiger partial charge on any atom is 0.152 e. The molecule has 0 spiro atoms. The maximum atomic E-state index is 5.60. The lowest BCUT2D eigenvalue weighted by Gasteiger charge is -2.14. The molecule has 0 saturated heterocycles.